The topological polar surface area (TPSA) is 64.6 Å². The summed E-state index contributed by atoms with van der Waals surface area (Å²) in [5, 5.41) is 3.35. The lowest BCUT2D eigenvalue weighted by Crippen LogP contribution is -2.29. The summed E-state index contributed by atoms with van der Waals surface area (Å²) in [6, 6.07) is 7.04. The van der Waals surface area contributed by atoms with E-state index in [1.54, 1.807) is 12.1 Å². The second kappa shape index (κ2) is 9.23. The Balaban J connectivity index is 2.41. The van der Waals surface area contributed by atoms with Gasteiger partial charge in [0.1, 0.15) is 0 Å². The van der Waals surface area contributed by atoms with Crippen LogP contribution in [0, 0.1) is 0 Å². The summed E-state index contributed by atoms with van der Waals surface area (Å²) in [5.74, 6) is -0.380. The monoisotopic (exact) mass is 313 g/mol. The third kappa shape index (κ3) is 6.49. The van der Waals surface area contributed by atoms with E-state index in [0.717, 1.165) is 5.56 Å². The Morgan fingerprint density at radius 3 is 2.43 bits per heavy atom. The third-order valence-corrected chi connectivity index (χ3v) is 3.09. The molecule has 0 fully saturated rings. The minimum atomic E-state index is -0.624. The van der Waals surface area contributed by atoms with Crippen molar-refractivity contribution in [1.82, 2.24) is 5.32 Å². The quantitative estimate of drug-likeness (QED) is 0.614. The second-order valence-electron chi connectivity index (χ2n) is 4.47. The van der Waals surface area contributed by atoms with Crippen LogP contribution in [0.5, 0.6) is 0 Å². The number of ether oxygens (including phenoxy) is 2. The fourth-order valence-electron chi connectivity index (χ4n) is 1.73. The van der Waals surface area contributed by atoms with Crippen LogP contribution in [0.25, 0.3) is 0 Å². The highest BCUT2D eigenvalue weighted by Crippen LogP contribution is 2.19. The lowest BCUT2D eigenvalue weighted by Gasteiger charge is -2.17. The van der Waals surface area contributed by atoms with E-state index in [-0.39, 0.29) is 18.8 Å². The molecule has 5 nitrogen and oxygen atoms in total. The Labute approximate surface area is 129 Å². The molecule has 0 aliphatic rings. The third-order valence-electron chi connectivity index (χ3n) is 2.84. The zero-order valence-electron chi connectivity index (χ0n) is 12.2. The molecule has 1 N–H and O–H groups in total. The number of halogens is 1. The van der Waals surface area contributed by atoms with Gasteiger partial charge in [-0.25, -0.2) is 4.79 Å². The minimum absolute atomic E-state index is 0.180. The summed E-state index contributed by atoms with van der Waals surface area (Å²) in [6.45, 7) is 3.44. The maximum Gasteiger partial charge on any atom is 0.410 e. The molecule has 0 heterocycles. The van der Waals surface area contributed by atoms with Gasteiger partial charge in [0.25, 0.3) is 0 Å². The van der Waals surface area contributed by atoms with E-state index in [2.05, 4.69) is 5.32 Å². The average Bonchev–Trinajstić information content (AvgIpc) is 2.46. The highest BCUT2D eigenvalue weighted by atomic mass is 35.5. The molecule has 0 bridgehead atoms. The summed E-state index contributed by atoms with van der Waals surface area (Å²) in [5.41, 5.74) is 0.932. The van der Waals surface area contributed by atoms with Crippen molar-refractivity contribution < 1.29 is 19.1 Å². The Hall–Kier alpha value is -1.75. The van der Waals surface area contributed by atoms with Gasteiger partial charge in [0.2, 0.25) is 6.79 Å². The van der Waals surface area contributed by atoms with Crippen LogP contribution >= 0.6 is 11.6 Å². The van der Waals surface area contributed by atoms with Gasteiger partial charge in [-0.15, -0.1) is 0 Å². The molecule has 0 aliphatic heterocycles. The van der Waals surface area contributed by atoms with E-state index in [9.17, 15) is 9.59 Å². The molecule has 0 aliphatic carbocycles. The van der Waals surface area contributed by atoms with Crippen LogP contribution in [0.3, 0.4) is 0 Å². The zero-order chi connectivity index (χ0) is 15.7. The predicted molar refractivity (Wildman–Crippen MR) is 80.0 cm³/mol. The van der Waals surface area contributed by atoms with Gasteiger partial charge >= 0.3 is 12.1 Å². The van der Waals surface area contributed by atoms with E-state index >= 15 is 0 Å². The molecule has 1 unspecified atom stereocenters. The smallest absolute Gasteiger partial charge is 0.410 e. The molecular weight excluding hydrogens is 294 g/mol. The first-order chi connectivity index (χ1) is 10.1. The van der Waals surface area contributed by atoms with Crippen molar-refractivity contribution in [1.29, 1.82) is 0 Å². The lowest BCUT2D eigenvalue weighted by molar-refractivity contribution is -0.151. The largest absolute Gasteiger partial charge is 0.428 e. The molecule has 0 saturated carbocycles. The van der Waals surface area contributed by atoms with Crippen LogP contribution in [0.2, 0.25) is 5.02 Å². The van der Waals surface area contributed by atoms with Crippen molar-refractivity contribution >= 4 is 23.7 Å². The van der Waals surface area contributed by atoms with Crippen LogP contribution < -0.4 is 5.32 Å². The number of rotatable bonds is 7. The molecule has 21 heavy (non-hydrogen) atoms. The highest BCUT2D eigenvalue weighted by Gasteiger charge is 2.14. The van der Waals surface area contributed by atoms with Gasteiger partial charge < -0.3 is 14.8 Å². The molecule has 1 aromatic carbocycles. The van der Waals surface area contributed by atoms with Gasteiger partial charge in [0, 0.05) is 11.4 Å². The van der Waals surface area contributed by atoms with E-state index < -0.39 is 6.09 Å². The molecule has 1 rings (SSSR count). The molecule has 6 heteroatoms. The van der Waals surface area contributed by atoms with Gasteiger partial charge in [-0.05, 0) is 30.5 Å². The number of carbonyl (C=O) groups is 2. The number of hydrogen-bond donors (Lipinski definition) is 1. The first-order valence-electron chi connectivity index (χ1n) is 6.91. The summed E-state index contributed by atoms with van der Waals surface area (Å²) in [6.07, 6.45) is 1.08. The van der Waals surface area contributed by atoms with E-state index in [1.165, 1.54) is 0 Å². The fraction of sp³-hybridized carbons (Fsp3) is 0.467. The Morgan fingerprint density at radius 1 is 1.19 bits per heavy atom. The molecule has 1 aromatic rings. The van der Waals surface area contributed by atoms with Crippen molar-refractivity contribution in [2.24, 2.45) is 0 Å². The number of carbonyl (C=O) groups excluding carboxylic acids is 2. The standard InChI is InChI=1S/C15H20ClNO4/c1-3-5-14(18)20-10-21-15(19)17-13(4-2)11-6-8-12(16)9-7-11/h6-9,13H,3-5,10H2,1-2H3,(H,17,19). The molecule has 0 aromatic heterocycles. The molecule has 0 saturated heterocycles. The van der Waals surface area contributed by atoms with Crippen LogP contribution in [-0.4, -0.2) is 18.9 Å². The van der Waals surface area contributed by atoms with Crippen molar-refractivity contribution in [3.63, 3.8) is 0 Å². The molecule has 1 atom stereocenters. The number of amides is 1. The Morgan fingerprint density at radius 2 is 1.86 bits per heavy atom. The van der Waals surface area contributed by atoms with Crippen molar-refractivity contribution in [3.05, 3.63) is 34.9 Å². The first kappa shape index (κ1) is 17.3. The van der Waals surface area contributed by atoms with Gasteiger partial charge in [-0.3, -0.25) is 4.79 Å². The Kier molecular flexibility index (Phi) is 7.61. The molecule has 0 spiro atoms. The molecule has 0 radical (unpaired) electrons. The first-order valence-corrected chi connectivity index (χ1v) is 7.29. The maximum atomic E-state index is 11.6. The SMILES string of the molecule is CCCC(=O)OCOC(=O)NC(CC)c1ccc(Cl)cc1. The fourth-order valence-corrected chi connectivity index (χ4v) is 1.85. The molecular formula is C15H20ClNO4. The van der Waals surface area contributed by atoms with Gasteiger partial charge in [-0.1, -0.05) is 37.6 Å². The van der Waals surface area contributed by atoms with Crippen molar-refractivity contribution in [3.8, 4) is 0 Å². The number of benzene rings is 1. The second-order valence-corrected chi connectivity index (χ2v) is 4.91. The Bertz CT molecular complexity index is 461. The van der Waals surface area contributed by atoms with Crippen LogP contribution in [0.15, 0.2) is 24.3 Å². The minimum Gasteiger partial charge on any atom is -0.428 e. The van der Waals surface area contributed by atoms with Crippen molar-refractivity contribution in [2.75, 3.05) is 6.79 Å². The number of esters is 1. The number of alkyl carbamates (subject to hydrolysis) is 1. The zero-order valence-corrected chi connectivity index (χ0v) is 13.0. The van der Waals surface area contributed by atoms with E-state index in [1.807, 2.05) is 26.0 Å². The summed E-state index contributed by atoms with van der Waals surface area (Å²) in [7, 11) is 0. The van der Waals surface area contributed by atoms with E-state index in [4.69, 9.17) is 21.1 Å². The van der Waals surface area contributed by atoms with Crippen LogP contribution in [0.1, 0.15) is 44.7 Å². The van der Waals surface area contributed by atoms with E-state index in [0.29, 0.717) is 24.3 Å². The van der Waals surface area contributed by atoms with Crippen molar-refractivity contribution in [2.45, 2.75) is 39.2 Å². The predicted octanol–water partition coefficient (Wildman–Crippen LogP) is 3.82. The van der Waals surface area contributed by atoms with Crippen LogP contribution in [-0.2, 0) is 14.3 Å². The molecule has 1 amide bonds. The highest BCUT2D eigenvalue weighted by molar-refractivity contribution is 6.30. The van der Waals surface area contributed by atoms with Crippen LogP contribution in [0.4, 0.5) is 4.79 Å². The molecule has 116 valence electrons. The average molecular weight is 314 g/mol. The normalized spacial score (nSPS) is 11.6. The summed E-state index contributed by atoms with van der Waals surface area (Å²) >= 11 is 5.83. The van der Waals surface area contributed by atoms with Gasteiger partial charge in [-0.2, -0.15) is 0 Å². The maximum absolute atomic E-state index is 11.6. The summed E-state index contributed by atoms with van der Waals surface area (Å²) < 4.78 is 9.57. The van der Waals surface area contributed by atoms with Gasteiger partial charge in [0.15, 0.2) is 0 Å². The summed E-state index contributed by atoms with van der Waals surface area (Å²) in [4.78, 5) is 22.8. The van der Waals surface area contributed by atoms with Gasteiger partial charge in [0.05, 0.1) is 6.04 Å². The lowest BCUT2D eigenvalue weighted by atomic mass is 10.1. The number of nitrogens with one attached hydrogen (secondary N) is 1. The number of hydrogen-bond acceptors (Lipinski definition) is 4.